The monoisotopic (exact) mass is 899 g/mol. The maximum atomic E-state index is 13.9. The molecule has 2 aromatic heterocycles. The molecular formula is C46H51Cl2N7O6S. The average Bonchev–Trinajstić information content (AvgIpc) is 3.71. The first kappa shape index (κ1) is 43.5. The number of halogens is 2. The molecule has 2 aliphatic heterocycles. The third-order valence-electron chi connectivity index (χ3n) is 12.2. The van der Waals surface area contributed by atoms with Crippen molar-refractivity contribution in [1.82, 2.24) is 24.5 Å². The summed E-state index contributed by atoms with van der Waals surface area (Å²) >= 11 is 12.7. The molecule has 1 aliphatic carbocycles. The van der Waals surface area contributed by atoms with Crippen LogP contribution in [0.1, 0.15) is 68.8 Å². The van der Waals surface area contributed by atoms with Gasteiger partial charge in [0, 0.05) is 74.2 Å². The number of aromatic amines is 1. The molecule has 4 N–H and O–H groups in total. The van der Waals surface area contributed by atoms with Crippen LogP contribution in [0.2, 0.25) is 10.0 Å². The van der Waals surface area contributed by atoms with Crippen molar-refractivity contribution < 1.29 is 27.9 Å². The van der Waals surface area contributed by atoms with E-state index in [1.165, 1.54) is 34.9 Å². The number of ether oxygens (including phenoxy) is 1. The van der Waals surface area contributed by atoms with Crippen molar-refractivity contribution in [3.05, 3.63) is 112 Å². The Kier molecular flexibility index (Phi) is 12.3. The molecule has 0 atom stereocenters. The summed E-state index contributed by atoms with van der Waals surface area (Å²) < 4.78 is 35.8. The first-order valence-electron chi connectivity index (χ1n) is 20.9. The highest BCUT2D eigenvalue weighted by molar-refractivity contribution is 7.90. The Hall–Kier alpha value is -5.12. The molecular weight excluding hydrogens is 850 g/mol. The molecule has 0 saturated carbocycles. The Balaban J connectivity index is 0.981. The third-order valence-corrected chi connectivity index (χ3v) is 14.1. The van der Waals surface area contributed by atoms with Crippen LogP contribution in [0.25, 0.3) is 16.6 Å². The van der Waals surface area contributed by atoms with Gasteiger partial charge in [-0.25, -0.2) is 22.9 Å². The SMILES string of the molecule is CC1(C)CCC(CN2CCN(c3ccc(C(=O)NS(=O)(=O)c4ccc(NC(=O)N5CCC(C)(O)CC5)c(Cl)c4)c(Oc4cnc5[nH]ccc5c4)c3)CC2)=C(c2ccc(Cl)cc2)C1. The summed E-state index contributed by atoms with van der Waals surface area (Å²) in [6, 6.07) is 20.4. The number of sulfonamides is 1. The van der Waals surface area contributed by atoms with Crippen LogP contribution in [0.3, 0.4) is 0 Å². The van der Waals surface area contributed by atoms with Crippen LogP contribution in [0.5, 0.6) is 11.5 Å². The molecule has 3 aliphatic rings. The van der Waals surface area contributed by atoms with Gasteiger partial charge in [-0.1, -0.05) is 54.8 Å². The lowest BCUT2D eigenvalue weighted by molar-refractivity contribution is 0.00569. The molecule has 16 heteroatoms. The summed E-state index contributed by atoms with van der Waals surface area (Å²) in [5, 5.41) is 14.5. The molecule has 13 nitrogen and oxygen atoms in total. The van der Waals surface area contributed by atoms with E-state index in [0.717, 1.165) is 68.1 Å². The minimum atomic E-state index is -4.43. The number of H-pyrrole nitrogens is 1. The van der Waals surface area contributed by atoms with Gasteiger partial charge in [0.25, 0.3) is 15.9 Å². The molecule has 3 amide bonds. The molecule has 62 heavy (non-hydrogen) atoms. The van der Waals surface area contributed by atoms with Crippen LogP contribution in [0.15, 0.2) is 95.7 Å². The number of pyridine rings is 1. The smallest absolute Gasteiger partial charge is 0.321 e. The fourth-order valence-electron chi connectivity index (χ4n) is 8.37. The molecule has 326 valence electrons. The van der Waals surface area contributed by atoms with Gasteiger partial charge in [0.1, 0.15) is 17.1 Å². The maximum Gasteiger partial charge on any atom is 0.321 e. The number of hydrogen-bond donors (Lipinski definition) is 4. The lowest BCUT2D eigenvalue weighted by Gasteiger charge is -2.39. The molecule has 8 rings (SSSR count). The molecule has 2 fully saturated rings. The minimum Gasteiger partial charge on any atom is -0.455 e. The van der Waals surface area contributed by atoms with E-state index >= 15 is 0 Å². The van der Waals surface area contributed by atoms with E-state index in [1.807, 2.05) is 18.2 Å². The standard InChI is InChI=1S/C46H51Cl2N7O6S/c1-45(2)14-12-32(38(27-45)30-4-6-33(47)7-5-30)29-53-20-22-54(23-21-53)34-8-10-37(41(25-34)61-35-24-31-13-17-49-42(31)50-28-35)43(56)52-62(59,60)36-9-11-40(39(48)26-36)51-44(57)55-18-15-46(3,58)16-19-55/h4-11,13,17,24-26,28,58H,12,14-16,18-23,27,29H2,1-3H3,(H,49,50)(H,51,57)(H,52,56). The normalized spacial score (nSPS) is 18.2. The Morgan fingerprint density at radius 3 is 2.37 bits per heavy atom. The Bertz CT molecular complexity index is 2630. The van der Waals surface area contributed by atoms with Gasteiger partial charge >= 0.3 is 6.03 Å². The van der Waals surface area contributed by atoms with Gasteiger partial charge in [0.15, 0.2) is 0 Å². The number of piperidine rings is 1. The molecule has 0 spiro atoms. The van der Waals surface area contributed by atoms with Gasteiger partial charge in [-0.2, -0.15) is 0 Å². The van der Waals surface area contributed by atoms with E-state index in [-0.39, 0.29) is 32.3 Å². The molecule has 0 unspecified atom stereocenters. The molecule has 4 heterocycles. The second kappa shape index (κ2) is 17.6. The number of aliphatic hydroxyl groups is 1. The summed E-state index contributed by atoms with van der Waals surface area (Å²) in [7, 11) is -4.43. The number of carbonyl (C=O) groups is 2. The van der Waals surface area contributed by atoms with E-state index in [0.29, 0.717) is 37.3 Å². The highest BCUT2D eigenvalue weighted by atomic mass is 35.5. The Morgan fingerprint density at radius 2 is 1.65 bits per heavy atom. The third kappa shape index (κ3) is 10.1. The highest BCUT2D eigenvalue weighted by Gasteiger charge is 2.32. The number of anilines is 2. The van der Waals surface area contributed by atoms with Gasteiger partial charge in [-0.3, -0.25) is 9.69 Å². The number of nitrogens with one attached hydrogen (secondary N) is 3. The van der Waals surface area contributed by atoms with Crippen LogP contribution in [0, 0.1) is 5.41 Å². The van der Waals surface area contributed by atoms with Gasteiger partial charge in [0.05, 0.1) is 33.0 Å². The second-order valence-electron chi connectivity index (χ2n) is 17.6. The van der Waals surface area contributed by atoms with Crippen LogP contribution in [-0.2, 0) is 10.0 Å². The number of aromatic nitrogens is 2. The summed E-state index contributed by atoms with van der Waals surface area (Å²) in [6.45, 7) is 11.2. The first-order valence-corrected chi connectivity index (χ1v) is 23.1. The number of benzene rings is 3. The van der Waals surface area contributed by atoms with Crippen molar-refractivity contribution >= 4 is 73.1 Å². The lowest BCUT2D eigenvalue weighted by Crippen LogP contribution is -2.47. The van der Waals surface area contributed by atoms with E-state index in [9.17, 15) is 23.1 Å². The topological polar surface area (TPSA) is 160 Å². The van der Waals surface area contributed by atoms with Crippen molar-refractivity contribution in [2.24, 2.45) is 5.41 Å². The number of hydrogen-bond acceptors (Lipinski definition) is 9. The van der Waals surface area contributed by atoms with Crippen LogP contribution >= 0.6 is 23.2 Å². The Morgan fingerprint density at radius 1 is 0.903 bits per heavy atom. The van der Waals surface area contributed by atoms with Crippen molar-refractivity contribution in [3.8, 4) is 11.5 Å². The quantitative estimate of drug-likeness (QED) is 0.107. The minimum absolute atomic E-state index is 0.00232. The summed E-state index contributed by atoms with van der Waals surface area (Å²) in [6.07, 6.45) is 7.38. The van der Waals surface area contributed by atoms with Gasteiger partial charge in [-0.15, -0.1) is 0 Å². The van der Waals surface area contributed by atoms with Crippen molar-refractivity contribution in [2.45, 2.75) is 63.4 Å². The van der Waals surface area contributed by atoms with Gasteiger partial charge < -0.3 is 29.9 Å². The number of nitrogens with zero attached hydrogens (tertiary/aromatic N) is 4. The average molecular weight is 901 g/mol. The first-order chi connectivity index (χ1) is 29.5. The summed E-state index contributed by atoms with van der Waals surface area (Å²) in [5.41, 5.74) is 5.23. The van der Waals surface area contributed by atoms with E-state index in [2.05, 4.69) is 55.8 Å². The molecule has 0 bridgehead atoms. The highest BCUT2D eigenvalue weighted by Crippen LogP contribution is 2.43. The van der Waals surface area contributed by atoms with Crippen LogP contribution < -0.4 is 19.7 Å². The summed E-state index contributed by atoms with van der Waals surface area (Å²) in [5.74, 6) is -0.370. The number of likely N-dealkylation sites (tertiary alicyclic amines) is 1. The van der Waals surface area contributed by atoms with E-state index < -0.39 is 27.6 Å². The predicted molar refractivity (Wildman–Crippen MR) is 244 cm³/mol. The van der Waals surface area contributed by atoms with E-state index in [1.54, 1.807) is 48.5 Å². The number of fused-ring (bicyclic) bond motifs is 1. The number of amides is 3. The van der Waals surface area contributed by atoms with Gasteiger partial charge in [0.2, 0.25) is 0 Å². The fourth-order valence-corrected chi connectivity index (χ4v) is 9.78. The second-order valence-corrected chi connectivity index (χ2v) is 20.1. The van der Waals surface area contributed by atoms with Crippen molar-refractivity contribution in [3.63, 3.8) is 0 Å². The maximum absolute atomic E-state index is 13.9. The Labute approximate surface area is 372 Å². The van der Waals surface area contributed by atoms with Crippen molar-refractivity contribution in [1.29, 1.82) is 0 Å². The van der Waals surface area contributed by atoms with Crippen LogP contribution in [-0.4, -0.2) is 96.6 Å². The van der Waals surface area contributed by atoms with Gasteiger partial charge in [-0.05, 0) is 110 Å². The number of piperazine rings is 1. The molecule has 5 aromatic rings. The van der Waals surface area contributed by atoms with Crippen LogP contribution in [0.4, 0.5) is 16.2 Å². The number of carbonyl (C=O) groups excluding carboxylic acids is 2. The molecule has 2 saturated heterocycles. The largest absolute Gasteiger partial charge is 0.455 e. The number of urea groups is 1. The summed E-state index contributed by atoms with van der Waals surface area (Å²) in [4.78, 5) is 40.3. The lowest BCUT2D eigenvalue weighted by atomic mass is 9.72. The zero-order chi connectivity index (χ0) is 43.8. The molecule has 3 aromatic carbocycles. The zero-order valence-electron chi connectivity index (χ0n) is 35.0. The zero-order valence-corrected chi connectivity index (χ0v) is 37.3. The van der Waals surface area contributed by atoms with Crippen molar-refractivity contribution in [2.75, 3.05) is 56.0 Å². The number of allylic oxidation sites excluding steroid dienone is 1. The number of rotatable bonds is 10. The molecule has 0 radical (unpaired) electrons. The predicted octanol–water partition coefficient (Wildman–Crippen LogP) is 8.95. The van der Waals surface area contributed by atoms with E-state index in [4.69, 9.17) is 27.9 Å². The fraction of sp³-hybridized carbons (Fsp3) is 0.370.